The van der Waals surface area contributed by atoms with E-state index in [1.165, 1.54) is 5.56 Å². The summed E-state index contributed by atoms with van der Waals surface area (Å²) in [5.41, 5.74) is 2.95. The summed E-state index contributed by atoms with van der Waals surface area (Å²) >= 11 is 0. The number of pyridine rings is 1. The van der Waals surface area contributed by atoms with Crippen LogP contribution in [0.15, 0.2) is 48.7 Å². The third-order valence-corrected chi connectivity index (χ3v) is 3.36. The van der Waals surface area contributed by atoms with Gasteiger partial charge in [0, 0.05) is 37.5 Å². The molecule has 0 atom stereocenters. The van der Waals surface area contributed by atoms with E-state index >= 15 is 0 Å². The minimum atomic E-state index is 0.0660. The number of likely N-dealkylation sites (N-methyl/N-ethyl adjacent to an activating group) is 1. The molecule has 0 aliphatic heterocycles. The lowest BCUT2D eigenvalue weighted by Crippen LogP contribution is -2.29. The molecule has 1 heterocycles. The van der Waals surface area contributed by atoms with Crippen LogP contribution in [0.5, 0.6) is 0 Å². The highest BCUT2D eigenvalue weighted by Gasteiger charge is 2.11. The van der Waals surface area contributed by atoms with Gasteiger partial charge < -0.3 is 4.90 Å². The first-order valence-electron chi connectivity index (χ1n) is 7.95. The minimum absolute atomic E-state index is 0.0660. The zero-order valence-corrected chi connectivity index (χ0v) is 14.0. The van der Waals surface area contributed by atoms with Gasteiger partial charge in [-0.3, -0.25) is 9.78 Å². The molecule has 0 fully saturated rings. The van der Waals surface area contributed by atoms with Crippen molar-refractivity contribution in [2.45, 2.75) is 33.6 Å². The van der Waals surface area contributed by atoms with Crippen LogP contribution in [0.2, 0.25) is 0 Å². The third-order valence-electron chi connectivity index (χ3n) is 3.36. The summed E-state index contributed by atoms with van der Waals surface area (Å²) in [6, 6.07) is 13.7. The summed E-state index contributed by atoms with van der Waals surface area (Å²) in [5, 5.41) is 0. The van der Waals surface area contributed by atoms with Crippen LogP contribution in [-0.2, 0) is 12.8 Å². The predicted octanol–water partition coefficient (Wildman–Crippen LogP) is 3.98. The maximum Gasteiger partial charge on any atom is 0.253 e. The molecule has 1 aromatic carbocycles. The number of rotatable bonds is 5. The molecule has 0 saturated heterocycles. The van der Waals surface area contributed by atoms with Crippen molar-refractivity contribution in [2.75, 3.05) is 13.6 Å². The Morgan fingerprint density at radius 1 is 1.14 bits per heavy atom. The molecule has 0 aliphatic rings. The zero-order chi connectivity index (χ0) is 16.4. The van der Waals surface area contributed by atoms with Gasteiger partial charge in [0.15, 0.2) is 0 Å². The van der Waals surface area contributed by atoms with Crippen molar-refractivity contribution < 1.29 is 4.79 Å². The summed E-state index contributed by atoms with van der Waals surface area (Å²) in [7, 11) is 1.84. The van der Waals surface area contributed by atoms with Gasteiger partial charge in [-0.15, -0.1) is 0 Å². The van der Waals surface area contributed by atoms with Gasteiger partial charge in [-0.2, -0.15) is 0 Å². The highest BCUT2D eigenvalue weighted by molar-refractivity contribution is 5.94. The Morgan fingerprint density at radius 2 is 1.91 bits per heavy atom. The molecule has 2 aromatic rings. The average Bonchev–Trinajstić information content (AvgIpc) is 2.61. The molecule has 0 radical (unpaired) electrons. The fourth-order valence-corrected chi connectivity index (χ4v) is 2.07. The topological polar surface area (TPSA) is 33.2 Å². The van der Waals surface area contributed by atoms with Crippen LogP contribution in [0, 0.1) is 0 Å². The van der Waals surface area contributed by atoms with Crippen LogP contribution < -0.4 is 0 Å². The molecule has 0 unspecified atom stereocenters. The Bertz CT molecular complexity index is 567. The minimum Gasteiger partial charge on any atom is -0.341 e. The number of hydrogen-bond donors (Lipinski definition) is 0. The number of carbonyl (C=O) groups is 1. The lowest BCUT2D eigenvalue weighted by atomic mass is 10.1. The number of nitrogens with zero attached hydrogens (tertiary/aromatic N) is 2. The second-order valence-corrected chi connectivity index (χ2v) is 4.85. The lowest BCUT2D eigenvalue weighted by molar-refractivity contribution is 0.0796. The van der Waals surface area contributed by atoms with Crippen molar-refractivity contribution in [3.8, 4) is 0 Å². The molecular weight excluding hydrogens is 272 g/mol. The first kappa shape index (κ1) is 17.9. The number of aryl methyl sites for hydroxylation is 1. The van der Waals surface area contributed by atoms with E-state index in [0.717, 1.165) is 24.1 Å². The van der Waals surface area contributed by atoms with E-state index in [1.807, 2.05) is 63.4 Å². The summed E-state index contributed by atoms with van der Waals surface area (Å²) < 4.78 is 0. The highest BCUT2D eigenvalue weighted by Crippen LogP contribution is 2.09. The Labute approximate surface area is 134 Å². The van der Waals surface area contributed by atoms with Gasteiger partial charge in [0.25, 0.3) is 5.91 Å². The Kier molecular flexibility index (Phi) is 7.90. The molecule has 0 aliphatic carbocycles. The van der Waals surface area contributed by atoms with Crippen molar-refractivity contribution in [1.29, 1.82) is 0 Å². The van der Waals surface area contributed by atoms with Crippen LogP contribution in [0.25, 0.3) is 0 Å². The van der Waals surface area contributed by atoms with E-state index < -0.39 is 0 Å². The first-order valence-corrected chi connectivity index (χ1v) is 7.95. The summed E-state index contributed by atoms with van der Waals surface area (Å²) in [6.45, 7) is 6.76. The van der Waals surface area contributed by atoms with Gasteiger partial charge in [-0.05, 0) is 36.2 Å². The second-order valence-electron chi connectivity index (χ2n) is 4.85. The largest absolute Gasteiger partial charge is 0.341 e. The second kappa shape index (κ2) is 9.72. The number of benzene rings is 1. The fraction of sp³-hybridized carbons (Fsp3) is 0.368. The fourth-order valence-electron chi connectivity index (χ4n) is 2.07. The normalized spacial score (nSPS) is 9.64. The molecule has 2 rings (SSSR count). The van der Waals surface area contributed by atoms with E-state index in [1.54, 1.807) is 11.1 Å². The standard InChI is InChI=1S/C17H20N2O.C2H6/c1-3-14-7-6-8-15(13-14)17(20)19(2)12-10-16-9-4-5-11-18-16;1-2/h4-9,11,13H,3,10,12H2,1-2H3;1-2H3. The molecule has 1 aromatic heterocycles. The van der Waals surface area contributed by atoms with E-state index in [-0.39, 0.29) is 5.91 Å². The van der Waals surface area contributed by atoms with Crippen LogP contribution >= 0.6 is 0 Å². The van der Waals surface area contributed by atoms with Crippen LogP contribution in [-0.4, -0.2) is 29.4 Å². The summed E-state index contributed by atoms with van der Waals surface area (Å²) in [6.07, 6.45) is 3.50. The predicted molar refractivity (Wildman–Crippen MR) is 92.1 cm³/mol. The summed E-state index contributed by atoms with van der Waals surface area (Å²) in [5.74, 6) is 0.0660. The van der Waals surface area contributed by atoms with E-state index in [2.05, 4.69) is 11.9 Å². The number of amides is 1. The van der Waals surface area contributed by atoms with Crippen molar-refractivity contribution in [3.05, 3.63) is 65.5 Å². The van der Waals surface area contributed by atoms with Gasteiger partial charge in [-0.25, -0.2) is 0 Å². The van der Waals surface area contributed by atoms with E-state index in [4.69, 9.17) is 0 Å². The molecule has 0 bridgehead atoms. The van der Waals surface area contributed by atoms with Crippen molar-refractivity contribution >= 4 is 5.91 Å². The number of carbonyl (C=O) groups excluding carboxylic acids is 1. The Morgan fingerprint density at radius 3 is 2.55 bits per heavy atom. The number of aromatic nitrogens is 1. The van der Waals surface area contributed by atoms with Crippen LogP contribution in [0.1, 0.15) is 42.4 Å². The van der Waals surface area contributed by atoms with E-state index in [9.17, 15) is 4.79 Å². The van der Waals surface area contributed by atoms with Crippen LogP contribution in [0.3, 0.4) is 0 Å². The Hall–Kier alpha value is -2.16. The molecule has 1 amide bonds. The van der Waals surface area contributed by atoms with Crippen molar-refractivity contribution in [1.82, 2.24) is 9.88 Å². The van der Waals surface area contributed by atoms with Crippen molar-refractivity contribution in [2.24, 2.45) is 0 Å². The van der Waals surface area contributed by atoms with E-state index in [0.29, 0.717) is 6.54 Å². The monoisotopic (exact) mass is 298 g/mol. The molecule has 22 heavy (non-hydrogen) atoms. The van der Waals surface area contributed by atoms with Gasteiger partial charge >= 0.3 is 0 Å². The zero-order valence-electron chi connectivity index (χ0n) is 14.0. The highest BCUT2D eigenvalue weighted by atomic mass is 16.2. The maximum atomic E-state index is 12.3. The molecule has 3 nitrogen and oxygen atoms in total. The summed E-state index contributed by atoms with van der Waals surface area (Å²) in [4.78, 5) is 18.4. The first-order chi connectivity index (χ1) is 10.7. The molecule has 0 saturated carbocycles. The van der Waals surface area contributed by atoms with Crippen LogP contribution in [0.4, 0.5) is 0 Å². The third kappa shape index (κ3) is 5.32. The van der Waals surface area contributed by atoms with Crippen molar-refractivity contribution in [3.63, 3.8) is 0 Å². The van der Waals surface area contributed by atoms with Gasteiger partial charge in [0.05, 0.1) is 0 Å². The van der Waals surface area contributed by atoms with Gasteiger partial charge in [0.2, 0.25) is 0 Å². The molecule has 3 heteroatoms. The lowest BCUT2D eigenvalue weighted by Gasteiger charge is -2.17. The molecule has 0 N–H and O–H groups in total. The molecule has 118 valence electrons. The van der Waals surface area contributed by atoms with Gasteiger partial charge in [0.1, 0.15) is 0 Å². The number of hydrogen-bond acceptors (Lipinski definition) is 2. The molecular formula is C19H26N2O. The van der Waals surface area contributed by atoms with Gasteiger partial charge in [-0.1, -0.05) is 39.0 Å². The average molecular weight is 298 g/mol. The Balaban J connectivity index is 0.00000116. The SMILES string of the molecule is CC.CCc1cccc(C(=O)N(C)CCc2ccccn2)c1. The maximum absolute atomic E-state index is 12.3. The quantitative estimate of drug-likeness (QED) is 0.836. The smallest absolute Gasteiger partial charge is 0.253 e. The molecule has 0 spiro atoms.